The van der Waals surface area contributed by atoms with Gasteiger partial charge in [-0.05, 0) is 31.7 Å². The highest BCUT2D eigenvalue weighted by Gasteiger charge is 2.16. The monoisotopic (exact) mass is 283 g/mol. The van der Waals surface area contributed by atoms with Crippen molar-refractivity contribution < 1.29 is 9.47 Å². The molecule has 0 bridgehead atoms. The Balaban J connectivity index is 2.72. The van der Waals surface area contributed by atoms with Gasteiger partial charge in [-0.25, -0.2) is 0 Å². The van der Waals surface area contributed by atoms with Gasteiger partial charge in [0.1, 0.15) is 0 Å². The van der Waals surface area contributed by atoms with E-state index in [1.54, 1.807) is 7.11 Å². The third kappa shape index (κ3) is 4.89. The number of hydrogen-bond donors (Lipinski definition) is 1. The Hall–Kier alpha value is -0.910. The molecule has 0 aliphatic rings. The van der Waals surface area contributed by atoms with Crippen molar-refractivity contribution >= 4 is 0 Å². The molecule has 0 aliphatic carbocycles. The molecule has 2 N–H and O–H groups in total. The number of nitrogens with two attached hydrogens (primary N) is 1. The van der Waals surface area contributed by atoms with Crippen molar-refractivity contribution in [1.82, 2.24) is 9.78 Å². The average Bonchev–Trinajstić information content (AvgIpc) is 2.74. The number of aryl methyl sites for hydroxylation is 1. The molecule has 0 amide bonds. The summed E-state index contributed by atoms with van der Waals surface area (Å²) in [6.07, 6.45) is 2.83. The Bertz CT molecular complexity index is 389. The van der Waals surface area contributed by atoms with Crippen LogP contribution in [0.2, 0.25) is 0 Å². The van der Waals surface area contributed by atoms with E-state index >= 15 is 0 Å². The largest absolute Gasteiger partial charge is 0.382 e. The van der Waals surface area contributed by atoms with Crippen molar-refractivity contribution in [3.05, 3.63) is 17.0 Å². The van der Waals surface area contributed by atoms with Gasteiger partial charge in [-0.3, -0.25) is 4.68 Å². The molecule has 5 nitrogen and oxygen atoms in total. The van der Waals surface area contributed by atoms with Crippen LogP contribution in [0.5, 0.6) is 0 Å². The predicted molar refractivity (Wildman–Crippen MR) is 81.0 cm³/mol. The van der Waals surface area contributed by atoms with E-state index in [0.29, 0.717) is 19.8 Å². The molecular formula is C15H29N3O2. The fraction of sp³-hybridized carbons (Fsp3) is 0.800. The van der Waals surface area contributed by atoms with Crippen molar-refractivity contribution in [2.45, 2.75) is 52.6 Å². The van der Waals surface area contributed by atoms with E-state index in [0.717, 1.165) is 25.8 Å². The van der Waals surface area contributed by atoms with Crippen LogP contribution in [0.1, 0.15) is 37.7 Å². The summed E-state index contributed by atoms with van der Waals surface area (Å²) < 4.78 is 12.6. The lowest BCUT2D eigenvalue weighted by Crippen LogP contribution is -2.19. The van der Waals surface area contributed by atoms with Gasteiger partial charge in [0.05, 0.1) is 32.1 Å². The second-order valence-electron chi connectivity index (χ2n) is 5.09. The topological polar surface area (TPSA) is 62.3 Å². The molecule has 1 atom stereocenters. The molecule has 0 aliphatic heterocycles. The first-order valence-electron chi connectivity index (χ1n) is 7.53. The van der Waals surface area contributed by atoms with Crippen LogP contribution in [0.4, 0.5) is 0 Å². The minimum atomic E-state index is 0.168. The van der Waals surface area contributed by atoms with Crippen LogP contribution >= 0.6 is 0 Å². The number of aromatic nitrogens is 2. The van der Waals surface area contributed by atoms with Crippen LogP contribution in [0.25, 0.3) is 0 Å². The van der Waals surface area contributed by atoms with Crippen molar-refractivity contribution in [2.24, 2.45) is 5.73 Å². The maximum absolute atomic E-state index is 5.96. The highest BCUT2D eigenvalue weighted by atomic mass is 16.5. The third-order valence-electron chi connectivity index (χ3n) is 3.32. The summed E-state index contributed by atoms with van der Waals surface area (Å²) in [6, 6.07) is 0.168. The van der Waals surface area contributed by atoms with Gasteiger partial charge >= 0.3 is 0 Å². The zero-order chi connectivity index (χ0) is 15.0. The molecule has 0 fully saturated rings. The van der Waals surface area contributed by atoms with Crippen LogP contribution in [0.15, 0.2) is 0 Å². The highest BCUT2D eigenvalue weighted by molar-refractivity contribution is 5.27. The first-order chi connectivity index (χ1) is 9.63. The van der Waals surface area contributed by atoms with Crippen molar-refractivity contribution in [2.75, 3.05) is 26.9 Å². The second-order valence-corrected chi connectivity index (χ2v) is 5.09. The summed E-state index contributed by atoms with van der Waals surface area (Å²) in [7, 11) is 1.68. The third-order valence-corrected chi connectivity index (χ3v) is 3.32. The van der Waals surface area contributed by atoms with Crippen LogP contribution in [0.3, 0.4) is 0 Å². The van der Waals surface area contributed by atoms with E-state index in [2.05, 4.69) is 18.5 Å². The molecular weight excluding hydrogens is 254 g/mol. The molecule has 0 saturated heterocycles. The normalized spacial score (nSPS) is 12.8. The summed E-state index contributed by atoms with van der Waals surface area (Å²) in [4.78, 5) is 0. The Morgan fingerprint density at radius 2 is 1.95 bits per heavy atom. The summed E-state index contributed by atoms with van der Waals surface area (Å²) in [5.74, 6) is 0. The molecule has 0 spiro atoms. The Morgan fingerprint density at radius 3 is 2.50 bits per heavy atom. The van der Waals surface area contributed by atoms with Crippen LogP contribution in [-0.4, -0.2) is 42.8 Å². The lowest BCUT2D eigenvalue weighted by Gasteiger charge is -2.10. The van der Waals surface area contributed by atoms with E-state index in [9.17, 15) is 0 Å². The van der Waals surface area contributed by atoms with Gasteiger partial charge in [0.25, 0.3) is 0 Å². The minimum absolute atomic E-state index is 0.168. The quantitative estimate of drug-likeness (QED) is 0.662. The van der Waals surface area contributed by atoms with Gasteiger partial charge < -0.3 is 15.2 Å². The zero-order valence-corrected chi connectivity index (χ0v) is 13.3. The molecule has 0 radical (unpaired) electrons. The lowest BCUT2D eigenvalue weighted by atomic mass is 10.0. The molecule has 1 rings (SSSR count). The van der Waals surface area contributed by atoms with Gasteiger partial charge in [0.2, 0.25) is 0 Å². The molecule has 20 heavy (non-hydrogen) atoms. The van der Waals surface area contributed by atoms with Crippen LogP contribution in [0, 0.1) is 0 Å². The summed E-state index contributed by atoms with van der Waals surface area (Å²) >= 11 is 0. The van der Waals surface area contributed by atoms with Gasteiger partial charge in [-0.2, -0.15) is 5.10 Å². The molecule has 116 valence electrons. The number of methoxy groups -OCH3 is 1. The lowest BCUT2D eigenvalue weighted by molar-refractivity contribution is 0.0651. The van der Waals surface area contributed by atoms with E-state index in [1.807, 2.05) is 6.92 Å². The summed E-state index contributed by atoms with van der Waals surface area (Å²) in [5.41, 5.74) is 9.77. The minimum Gasteiger partial charge on any atom is -0.382 e. The molecule has 1 unspecified atom stereocenters. The smallest absolute Gasteiger partial charge is 0.0701 e. The SMILES string of the molecule is CCc1nn(CCOCCOC)c(CC)c1CC(C)N. The maximum Gasteiger partial charge on any atom is 0.0701 e. The summed E-state index contributed by atoms with van der Waals surface area (Å²) in [6.45, 7) is 9.08. The number of nitrogens with zero attached hydrogens (tertiary/aromatic N) is 2. The molecule has 0 aromatic carbocycles. The van der Waals surface area contributed by atoms with E-state index in [4.69, 9.17) is 20.3 Å². The van der Waals surface area contributed by atoms with Gasteiger partial charge in [-0.15, -0.1) is 0 Å². The molecule has 5 heteroatoms. The first kappa shape index (κ1) is 17.1. The summed E-state index contributed by atoms with van der Waals surface area (Å²) in [5, 5.41) is 4.72. The van der Waals surface area contributed by atoms with E-state index < -0.39 is 0 Å². The molecule has 1 heterocycles. The average molecular weight is 283 g/mol. The van der Waals surface area contributed by atoms with Crippen molar-refractivity contribution in [3.63, 3.8) is 0 Å². The second kappa shape index (κ2) is 9.10. The number of hydrogen-bond acceptors (Lipinski definition) is 4. The van der Waals surface area contributed by atoms with Crippen molar-refractivity contribution in [1.29, 1.82) is 0 Å². The zero-order valence-electron chi connectivity index (χ0n) is 13.3. The fourth-order valence-electron chi connectivity index (χ4n) is 2.41. The first-order valence-corrected chi connectivity index (χ1v) is 7.53. The van der Waals surface area contributed by atoms with Crippen LogP contribution < -0.4 is 5.73 Å². The fourth-order valence-corrected chi connectivity index (χ4v) is 2.41. The maximum atomic E-state index is 5.96. The van der Waals surface area contributed by atoms with Gasteiger partial charge in [0, 0.05) is 18.8 Å². The molecule has 0 saturated carbocycles. The Kier molecular flexibility index (Phi) is 7.80. The molecule has 1 aromatic rings. The molecule has 1 aromatic heterocycles. The highest BCUT2D eigenvalue weighted by Crippen LogP contribution is 2.18. The van der Waals surface area contributed by atoms with Gasteiger partial charge in [0.15, 0.2) is 0 Å². The van der Waals surface area contributed by atoms with Gasteiger partial charge in [-0.1, -0.05) is 13.8 Å². The number of ether oxygens (including phenoxy) is 2. The number of rotatable bonds is 10. The van der Waals surface area contributed by atoms with Crippen molar-refractivity contribution in [3.8, 4) is 0 Å². The Labute approximate surface area is 122 Å². The Morgan fingerprint density at radius 1 is 1.20 bits per heavy atom. The standard InChI is InChI=1S/C15H29N3O2/c1-5-14-13(11-12(3)16)15(6-2)18(17-14)7-8-20-10-9-19-4/h12H,5-11,16H2,1-4H3. The van der Waals surface area contributed by atoms with Crippen LogP contribution in [-0.2, 0) is 35.3 Å². The van der Waals surface area contributed by atoms with E-state index in [1.165, 1.54) is 17.0 Å². The van der Waals surface area contributed by atoms with E-state index in [-0.39, 0.29) is 6.04 Å². The predicted octanol–water partition coefficient (Wildman–Crippen LogP) is 1.56.